The van der Waals surface area contributed by atoms with Gasteiger partial charge in [0.1, 0.15) is 0 Å². The van der Waals surface area contributed by atoms with E-state index in [1.54, 1.807) is 11.8 Å². The summed E-state index contributed by atoms with van der Waals surface area (Å²) < 4.78 is 5.69. The third kappa shape index (κ3) is 4.62. The molecule has 0 bridgehead atoms. The fourth-order valence-electron chi connectivity index (χ4n) is 3.09. The number of thioether (sulfide) groups is 1. The van der Waals surface area contributed by atoms with Crippen molar-refractivity contribution < 1.29 is 9.53 Å². The van der Waals surface area contributed by atoms with Crippen molar-refractivity contribution in [1.29, 1.82) is 0 Å². The summed E-state index contributed by atoms with van der Waals surface area (Å²) in [6, 6.07) is 7.97. The average Bonchev–Trinajstić information content (AvgIpc) is 3.09. The smallest absolute Gasteiger partial charge is 0.321 e. The number of anilines is 1. The molecular weight excluding hydrogens is 310 g/mol. The molecule has 5 nitrogen and oxygen atoms in total. The third-order valence-corrected chi connectivity index (χ3v) is 5.23. The zero-order valence-corrected chi connectivity index (χ0v) is 14.5. The molecule has 0 aliphatic carbocycles. The molecular formula is C17H25N3O2S. The van der Waals surface area contributed by atoms with Crippen LogP contribution in [-0.2, 0) is 4.74 Å². The second-order valence-corrected chi connectivity index (χ2v) is 6.96. The van der Waals surface area contributed by atoms with Gasteiger partial charge >= 0.3 is 6.03 Å². The van der Waals surface area contributed by atoms with Crippen molar-refractivity contribution in [2.45, 2.75) is 23.8 Å². The molecule has 1 aromatic carbocycles. The predicted octanol–water partition coefficient (Wildman–Crippen LogP) is 2.74. The molecule has 3 rings (SSSR count). The van der Waals surface area contributed by atoms with Gasteiger partial charge in [0.2, 0.25) is 0 Å². The molecule has 2 heterocycles. The SMILES string of the molecule is CSc1ccc(NC(=O)N2CCN(CC3CCCO3)CC2)cc1. The monoisotopic (exact) mass is 335 g/mol. The maximum atomic E-state index is 12.3. The first-order valence-electron chi connectivity index (χ1n) is 8.28. The number of benzene rings is 1. The van der Waals surface area contributed by atoms with Crippen molar-refractivity contribution in [2.75, 3.05) is 50.9 Å². The Morgan fingerprint density at radius 3 is 2.61 bits per heavy atom. The van der Waals surface area contributed by atoms with Gasteiger partial charge in [0.15, 0.2) is 0 Å². The van der Waals surface area contributed by atoms with Gasteiger partial charge in [-0.05, 0) is 43.4 Å². The summed E-state index contributed by atoms with van der Waals surface area (Å²) in [7, 11) is 0. The molecule has 0 aromatic heterocycles. The Labute approximate surface area is 142 Å². The van der Waals surface area contributed by atoms with Gasteiger partial charge in [0.25, 0.3) is 0 Å². The second kappa shape index (κ2) is 8.04. The van der Waals surface area contributed by atoms with Gasteiger partial charge in [-0.25, -0.2) is 4.79 Å². The van der Waals surface area contributed by atoms with E-state index in [9.17, 15) is 4.79 Å². The van der Waals surface area contributed by atoms with Gasteiger partial charge in [-0.15, -0.1) is 11.8 Å². The quantitative estimate of drug-likeness (QED) is 0.860. The van der Waals surface area contributed by atoms with Crippen LogP contribution in [0.1, 0.15) is 12.8 Å². The lowest BCUT2D eigenvalue weighted by atomic mass is 10.2. The van der Waals surface area contributed by atoms with Crippen molar-refractivity contribution in [1.82, 2.24) is 9.80 Å². The summed E-state index contributed by atoms with van der Waals surface area (Å²) in [6.45, 7) is 5.33. The van der Waals surface area contributed by atoms with Crippen molar-refractivity contribution in [3.05, 3.63) is 24.3 Å². The van der Waals surface area contributed by atoms with Crippen LogP contribution >= 0.6 is 11.8 Å². The maximum absolute atomic E-state index is 12.3. The van der Waals surface area contributed by atoms with E-state index in [0.29, 0.717) is 6.10 Å². The van der Waals surface area contributed by atoms with Crippen LogP contribution in [0.25, 0.3) is 0 Å². The molecule has 2 aliphatic rings. The fraction of sp³-hybridized carbons (Fsp3) is 0.588. The van der Waals surface area contributed by atoms with E-state index in [2.05, 4.69) is 10.2 Å². The van der Waals surface area contributed by atoms with E-state index in [4.69, 9.17) is 4.74 Å². The van der Waals surface area contributed by atoms with Crippen molar-refractivity contribution in [2.24, 2.45) is 0 Å². The largest absolute Gasteiger partial charge is 0.377 e. The summed E-state index contributed by atoms with van der Waals surface area (Å²) in [5.41, 5.74) is 0.856. The summed E-state index contributed by atoms with van der Waals surface area (Å²) in [6.07, 6.45) is 4.80. The Hall–Kier alpha value is -1.24. The highest BCUT2D eigenvalue weighted by molar-refractivity contribution is 7.98. The van der Waals surface area contributed by atoms with Crippen LogP contribution in [-0.4, -0.2) is 67.5 Å². The Morgan fingerprint density at radius 1 is 1.26 bits per heavy atom. The first-order valence-corrected chi connectivity index (χ1v) is 9.51. The summed E-state index contributed by atoms with van der Waals surface area (Å²) >= 11 is 1.70. The molecule has 2 saturated heterocycles. The van der Waals surface area contributed by atoms with Gasteiger partial charge in [-0.1, -0.05) is 0 Å². The van der Waals surface area contributed by atoms with Gasteiger partial charge in [0.05, 0.1) is 6.10 Å². The number of ether oxygens (including phenoxy) is 1. The highest BCUT2D eigenvalue weighted by Gasteiger charge is 2.24. The number of nitrogens with zero attached hydrogens (tertiary/aromatic N) is 2. The Balaban J connectivity index is 1.43. The predicted molar refractivity (Wildman–Crippen MR) is 94.2 cm³/mol. The van der Waals surface area contributed by atoms with Crippen molar-refractivity contribution in [3.63, 3.8) is 0 Å². The van der Waals surface area contributed by atoms with Crippen LogP contribution in [0.15, 0.2) is 29.2 Å². The minimum atomic E-state index is -0.00123. The third-order valence-electron chi connectivity index (χ3n) is 4.49. The molecule has 2 amide bonds. The molecule has 0 spiro atoms. The molecule has 1 N–H and O–H groups in total. The normalized spacial score (nSPS) is 22.3. The van der Waals surface area contributed by atoms with Gasteiger partial charge < -0.3 is 15.0 Å². The zero-order valence-electron chi connectivity index (χ0n) is 13.7. The molecule has 2 aliphatic heterocycles. The number of carbonyl (C=O) groups excluding carboxylic acids is 1. The lowest BCUT2D eigenvalue weighted by molar-refractivity contribution is 0.0572. The number of carbonyl (C=O) groups is 1. The Bertz CT molecular complexity index is 509. The van der Waals surface area contributed by atoms with E-state index in [1.165, 1.54) is 17.7 Å². The standard InChI is InChI=1S/C17H25N3O2S/c1-23-16-6-4-14(5-7-16)18-17(21)20-10-8-19(9-11-20)13-15-3-2-12-22-15/h4-7,15H,2-3,8-13H2,1H3,(H,18,21). The van der Waals surface area contributed by atoms with Crippen LogP contribution in [0.4, 0.5) is 10.5 Å². The first-order chi connectivity index (χ1) is 11.2. The number of hydrogen-bond donors (Lipinski definition) is 1. The fourth-order valence-corrected chi connectivity index (χ4v) is 3.49. The molecule has 2 fully saturated rings. The van der Waals surface area contributed by atoms with Gasteiger partial charge in [-0.3, -0.25) is 4.90 Å². The van der Waals surface area contributed by atoms with E-state index in [-0.39, 0.29) is 6.03 Å². The molecule has 1 aromatic rings. The average molecular weight is 335 g/mol. The number of hydrogen-bond acceptors (Lipinski definition) is 4. The molecule has 126 valence electrons. The first kappa shape index (κ1) is 16.6. The van der Waals surface area contributed by atoms with Crippen LogP contribution in [0, 0.1) is 0 Å². The summed E-state index contributed by atoms with van der Waals surface area (Å²) in [5.74, 6) is 0. The van der Waals surface area contributed by atoms with Gasteiger partial charge in [0, 0.05) is 49.9 Å². The number of urea groups is 1. The topological polar surface area (TPSA) is 44.8 Å². The maximum Gasteiger partial charge on any atom is 0.321 e. The molecule has 6 heteroatoms. The van der Waals surface area contributed by atoms with Gasteiger partial charge in [-0.2, -0.15) is 0 Å². The Morgan fingerprint density at radius 2 is 2.00 bits per heavy atom. The van der Waals surface area contributed by atoms with Crippen LogP contribution in [0.5, 0.6) is 0 Å². The molecule has 1 unspecified atom stereocenters. The number of amides is 2. The molecule has 23 heavy (non-hydrogen) atoms. The van der Waals surface area contributed by atoms with E-state index in [0.717, 1.165) is 45.0 Å². The van der Waals surface area contributed by atoms with Crippen molar-refractivity contribution in [3.8, 4) is 0 Å². The Kier molecular flexibility index (Phi) is 5.80. The van der Waals surface area contributed by atoms with Crippen LogP contribution in [0.2, 0.25) is 0 Å². The molecule has 0 saturated carbocycles. The zero-order chi connectivity index (χ0) is 16.1. The molecule has 1 atom stereocenters. The molecule has 0 radical (unpaired) electrons. The lowest BCUT2D eigenvalue weighted by Crippen LogP contribution is -2.51. The highest BCUT2D eigenvalue weighted by atomic mass is 32.2. The van der Waals surface area contributed by atoms with Crippen LogP contribution < -0.4 is 5.32 Å². The minimum absolute atomic E-state index is 0.00123. The summed E-state index contributed by atoms with van der Waals surface area (Å²) in [4.78, 5) is 17.8. The van der Waals surface area contributed by atoms with E-state index >= 15 is 0 Å². The van der Waals surface area contributed by atoms with Crippen molar-refractivity contribution >= 4 is 23.5 Å². The highest BCUT2D eigenvalue weighted by Crippen LogP contribution is 2.18. The van der Waals surface area contributed by atoms with Crippen LogP contribution in [0.3, 0.4) is 0 Å². The van der Waals surface area contributed by atoms with E-state index in [1.807, 2.05) is 35.4 Å². The summed E-state index contributed by atoms with van der Waals surface area (Å²) in [5, 5.41) is 2.99. The minimum Gasteiger partial charge on any atom is -0.377 e. The second-order valence-electron chi connectivity index (χ2n) is 6.08. The number of nitrogens with one attached hydrogen (secondary N) is 1. The number of piperazine rings is 1. The lowest BCUT2D eigenvalue weighted by Gasteiger charge is -2.35. The van der Waals surface area contributed by atoms with E-state index < -0.39 is 0 Å². The number of rotatable bonds is 4.